The number of likely N-dealkylation sites (tertiary alicyclic amines) is 1. The van der Waals surface area contributed by atoms with Gasteiger partial charge in [0.2, 0.25) is 0 Å². The average molecular weight is 349 g/mol. The molecule has 1 aromatic heterocycles. The van der Waals surface area contributed by atoms with Crippen molar-refractivity contribution in [2.75, 3.05) is 26.2 Å². The molecular weight excluding hydrogens is 326 g/mol. The molecule has 1 fully saturated rings. The molecule has 3 rings (SSSR count). The Morgan fingerprint density at radius 3 is 2.58 bits per heavy atom. The maximum atomic E-state index is 12.4. The lowest BCUT2D eigenvalue weighted by atomic mass is 10.1. The molecule has 5 nitrogen and oxygen atoms in total. The highest BCUT2D eigenvalue weighted by Crippen LogP contribution is 2.24. The second kappa shape index (κ2) is 8.31. The fourth-order valence-electron chi connectivity index (χ4n) is 3.13. The van der Waals surface area contributed by atoms with Crippen LogP contribution < -0.4 is 10.2 Å². The van der Waals surface area contributed by atoms with E-state index >= 15 is 0 Å². The predicted molar refractivity (Wildman–Crippen MR) is 93.3 cm³/mol. The summed E-state index contributed by atoms with van der Waals surface area (Å²) in [5, 5.41) is 3.61. The van der Waals surface area contributed by atoms with E-state index in [9.17, 15) is 4.79 Å². The Balaban J connectivity index is 1.57. The Hall–Kier alpha value is -1.85. The molecule has 0 bridgehead atoms. The molecular formula is C18H23ClN3O2+. The lowest BCUT2D eigenvalue weighted by Gasteiger charge is -2.16. The van der Waals surface area contributed by atoms with Crippen molar-refractivity contribution in [3.05, 3.63) is 41.4 Å². The van der Waals surface area contributed by atoms with Crippen LogP contribution >= 0.6 is 11.6 Å². The third kappa shape index (κ3) is 4.36. The summed E-state index contributed by atoms with van der Waals surface area (Å²) in [7, 11) is 0. The molecule has 0 unspecified atom stereocenters. The van der Waals surface area contributed by atoms with Crippen LogP contribution in [0.4, 0.5) is 0 Å². The van der Waals surface area contributed by atoms with Gasteiger partial charge in [-0.15, -0.1) is 0 Å². The Morgan fingerprint density at radius 1 is 1.17 bits per heavy atom. The van der Waals surface area contributed by atoms with Crippen molar-refractivity contribution in [1.82, 2.24) is 10.3 Å². The Morgan fingerprint density at radius 2 is 1.88 bits per heavy atom. The van der Waals surface area contributed by atoms with Crippen LogP contribution in [0.5, 0.6) is 0 Å². The summed E-state index contributed by atoms with van der Waals surface area (Å²) in [6, 6.07) is 7.18. The maximum Gasteiger partial charge on any atom is 0.274 e. The number of hydrogen-bond acceptors (Lipinski definition) is 3. The fraction of sp³-hybridized carbons (Fsp3) is 0.444. The third-order valence-electron chi connectivity index (χ3n) is 4.46. The molecule has 1 aliphatic rings. The van der Waals surface area contributed by atoms with Crippen molar-refractivity contribution < 1.29 is 14.1 Å². The highest BCUT2D eigenvalue weighted by Gasteiger charge is 2.19. The van der Waals surface area contributed by atoms with Gasteiger partial charge in [-0.1, -0.05) is 11.6 Å². The minimum Gasteiger partial charge on any atom is -0.443 e. The Labute approximate surface area is 147 Å². The molecule has 0 aliphatic carbocycles. The van der Waals surface area contributed by atoms with Gasteiger partial charge < -0.3 is 14.6 Å². The van der Waals surface area contributed by atoms with Crippen molar-refractivity contribution in [2.24, 2.45) is 0 Å². The summed E-state index contributed by atoms with van der Waals surface area (Å²) in [5.74, 6) is 0.286. The van der Waals surface area contributed by atoms with Crippen molar-refractivity contribution in [3.8, 4) is 11.3 Å². The lowest BCUT2D eigenvalue weighted by Crippen LogP contribution is -3.12. The monoisotopic (exact) mass is 348 g/mol. The van der Waals surface area contributed by atoms with E-state index in [1.54, 1.807) is 17.0 Å². The molecule has 1 saturated heterocycles. The second-order valence-corrected chi connectivity index (χ2v) is 6.64. The Bertz CT molecular complexity index is 661. The van der Waals surface area contributed by atoms with E-state index < -0.39 is 0 Å². The summed E-state index contributed by atoms with van der Waals surface area (Å²) in [6.07, 6.45) is 6.54. The number of carbonyl (C=O) groups is 1. The summed E-state index contributed by atoms with van der Waals surface area (Å²) in [5.41, 5.74) is 1.11. The van der Waals surface area contributed by atoms with Gasteiger partial charge in [-0.25, -0.2) is 4.98 Å². The number of oxazole rings is 1. The number of rotatable bonds is 5. The molecule has 6 heteroatoms. The molecule has 2 heterocycles. The van der Waals surface area contributed by atoms with Gasteiger partial charge in [-0.3, -0.25) is 4.79 Å². The topological polar surface area (TPSA) is 59.6 Å². The van der Waals surface area contributed by atoms with Crippen molar-refractivity contribution >= 4 is 17.5 Å². The zero-order chi connectivity index (χ0) is 16.8. The summed E-state index contributed by atoms with van der Waals surface area (Å²) >= 11 is 5.90. The molecule has 0 radical (unpaired) electrons. The number of aromatic nitrogens is 1. The van der Waals surface area contributed by atoms with Gasteiger partial charge in [0, 0.05) is 10.6 Å². The first-order valence-corrected chi connectivity index (χ1v) is 8.93. The Kier molecular flexibility index (Phi) is 5.88. The average Bonchev–Trinajstić information content (AvgIpc) is 2.93. The van der Waals surface area contributed by atoms with Crippen molar-refractivity contribution in [1.29, 1.82) is 0 Å². The molecule has 0 atom stereocenters. The third-order valence-corrected chi connectivity index (χ3v) is 4.72. The van der Waals surface area contributed by atoms with Crippen LogP contribution in [0.3, 0.4) is 0 Å². The molecule has 1 aromatic carbocycles. The van der Waals surface area contributed by atoms with E-state index in [1.807, 2.05) is 12.1 Å². The minimum atomic E-state index is -0.192. The normalized spacial score (nSPS) is 15.9. The lowest BCUT2D eigenvalue weighted by molar-refractivity contribution is -0.898. The van der Waals surface area contributed by atoms with Crippen LogP contribution in [-0.4, -0.2) is 37.1 Å². The highest BCUT2D eigenvalue weighted by atomic mass is 35.5. The standard InChI is InChI=1S/C18H22ClN3O2/c19-15-7-5-14(6-8-15)17-16(21-13-24-17)18(23)20-9-12-22-10-3-1-2-4-11-22/h5-8,13H,1-4,9-12H2,(H,20,23)/p+1. The van der Waals surface area contributed by atoms with E-state index in [1.165, 1.54) is 45.2 Å². The van der Waals surface area contributed by atoms with E-state index in [0.717, 1.165) is 12.1 Å². The zero-order valence-electron chi connectivity index (χ0n) is 13.7. The first-order valence-electron chi connectivity index (χ1n) is 8.55. The number of halogens is 1. The van der Waals surface area contributed by atoms with Gasteiger partial charge >= 0.3 is 0 Å². The van der Waals surface area contributed by atoms with Crippen LogP contribution in [0.15, 0.2) is 35.1 Å². The highest BCUT2D eigenvalue weighted by molar-refractivity contribution is 6.30. The van der Waals surface area contributed by atoms with Crippen LogP contribution in [0.1, 0.15) is 36.2 Å². The molecule has 128 valence electrons. The molecule has 2 aromatic rings. The molecule has 24 heavy (non-hydrogen) atoms. The van der Waals surface area contributed by atoms with Crippen LogP contribution in [-0.2, 0) is 0 Å². The van der Waals surface area contributed by atoms with Gasteiger partial charge in [-0.2, -0.15) is 0 Å². The SMILES string of the molecule is O=C(NCC[NH+]1CCCCCC1)c1ncoc1-c1ccc(Cl)cc1. The molecule has 0 saturated carbocycles. The number of nitrogens with zero attached hydrogens (tertiary/aromatic N) is 1. The van der Waals surface area contributed by atoms with E-state index in [2.05, 4.69) is 10.3 Å². The smallest absolute Gasteiger partial charge is 0.274 e. The second-order valence-electron chi connectivity index (χ2n) is 6.21. The number of nitrogens with one attached hydrogen (secondary N) is 2. The van der Waals surface area contributed by atoms with E-state index in [4.69, 9.17) is 16.0 Å². The molecule has 1 aliphatic heterocycles. The van der Waals surface area contributed by atoms with Gasteiger partial charge in [0.25, 0.3) is 5.91 Å². The van der Waals surface area contributed by atoms with Crippen molar-refractivity contribution in [3.63, 3.8) is 0 Å². The molecule has 1 amide bonds. The summed E-state index contributed by atoms with van der Waals surface area (Å²) in [6.45, 7) is 4.02. The maximum absolute atomic E-state index is 12.4. The number of amides is 1. The summed E-state index contributed by atoms with van der Waals surface area (Å²) < 4.78 is 5.40. The fourth-order valence-corrected chi connectivity index (χ4v) is 3.26. The summed E-state index contributed by atoms with van der Waals surface area (Å²) in [4.78, 5) is 18.1. The molecule has 0 spiro atoms. The zero-order valence-corrected chi connectivity index (χ0v) is 14.4. The first-order chi connectivity index (χ1) is 11.7. The molecule has 2 N–H and O–H groups in total. The minimum absolute atomic E-state index is 0.192. The quantitative estimate of drug-likeness (QED) is 0.870. The van der Waals surface area contributed by atoms with Gasteiger partial charge in [0.15, 0.2) is 17.8 Å². The number of benzene rings is 1. The number of hydrogen-bond donors (Lipinski definition) is 2. The van der Waals surface area contributed by atoms with E-state index in [-0.39, 0.29) is 5.91 Å². The van der Waals surface area contributed by atoms with Gasteiger partial charge in [0.05, 0.1) is 26.2 Å². The van der Waals surface area contributed by atoms with Crippen molar-refractivity contribution in [2.45, 2.75) is 25.7 Å². The van der Waals surface area contributed by atoms with E-state index in [0.29, 0.717) is 23.0 Å². The van der Waals surface area contributed by atoms with Gasteiger partial charge in [0.1, 0.15) is 0 Å². The number of quaternary nitrogens is 1. The van der Waals surface area contributed by atoms with Crippen LogP contribution in [0.25, 0.3) is 11.3 Å². The van der Waals surface area contributed by atoms with Gasteiger partial charge in [-0.05, 0) is 49.9 Å². The number of carbonyl (C=O) groups excluding carboxylic acids is 1. The first kappa shape index (κ1) is 17.0. The largest absolute Gasteiger partial charge is 0.443 e. The van der Waals surface area contributed by atoms with Crippen LogP contribution in [0.2, 0.25) is 5.02 Å². The predicted octanol–water partition coefficient (Wildman–Crippen LogP) is 2.18. The van der Waals surface area contributed by atoms with Crippen LogP contribution in [0, 0.1) is 0 Å².